The van der Waals surface area contributed by atoms with Gasteiger partial charge in [0.2, 0.25) is 0 Å². The molecule has 1 aromatic carbocycles. The van der Waals surface area contributed by atoms with Crippen LogP contribution in [0.2, 0.25) is 0 Å². The number of benzene rings is 1. The smallest absolute Gasteiger partial charge is 0.252 e. The normalized spacial score (nSPS) is 19.7. The van der Waals surface area contributed by atoms with E-state index in [4.69, 9.17) is 5.73 Å². The van der Waals surface area contributed by atoms with Crippen molar-refractivity contribution in [1.82, 2.24) is 5.32 Å². The van der Waals surface area contributed by atoms with Crippen molar-refractivity contribution in [2.45, 2.75) is 70.4 Å². The summed E-state index contributed by atoms with van der Waals surface area (Å²) >= 11 is 0. The zero-order valence-electron chi connectivity index (χ0n) is 16.8. The number of rotatable bonds is 5. The van der Waals surface area contributed by atoms with Crippen LogP contribution in [-0.2, 0) is 0 Å². The molecule has 0 bridgehead atoms. The Morgan fingerprint density at radius 3 is 2.63 bits per heavy atom. The summed E-state index contributed by atoms with van der Waals surface area (Å²) in [6.07, 6.45) is 15.6. The van der Waals surface area contributed by atoms with E-state index in [2.05, 4.69) is 55.6 Å². The van der Waals surface area contributed by atoms with Gasteiger partial charge in [-0.1, -0.05) is 69.2 Å². The van der Waals surface area contributed by atoms with E-state index in [0.29, 0.717) is 5.92 Å². The third-order valence-electron chi connectivity index (χ3n) is 5.97. The lowest BCUT2D eigenvalue weighted by Gasteiger charge is -2.36. The first kappa shape index (κ1) is 19.6. The van der Waals surface area contributed by atoms with Crippen LogP contribution in [0, 0.1) is 6.92 Å². The van der Waals surface area contributed by atoms with Crippen LogP contribution < -0.4 is 11.1 Å². The van der Waals surface area contributed by atoms with Gasteiger partial charge in [0.15, 0.2) is 0 Å². The Labute approximate surface area is 163 Å². The highest BCUT2D eigenvalue weighted by atomic mass is 16.1. The molecule has 1 atom stereocenters. The van der Waals surface area contributed by atoms with Gasteiger partial charge < -0.3 is 11.1 Å². The number of allylic oxidation sites excluding steroid dienone is 4. The van der Waals surface area contributed by atoms with Crippen molar-refractivity contribution in [3.05, 3.63) is 70.8 Å². The predicted octanol–water partition coefficient (Wildman–Crippen LogP) is 4.93. The van der Waals surface area contributed by atoms with Gasteiger partial charge in [-0.3, -0.25) is 4.79 Å². The van der Waals surface area contributed by atoms with Gasteiger partial charge in [-0.2, -0.15) is 0 Å². The molecule has 3 rings (SSSR count). The summed E-state index contributed by atoms with van der Waals surface area (Å²) in [6, 6.07) is 5.83. The third kappa shape index (κ3) is 4.24. The van der Waals surface area contributed by atoms with Crippen LogP contribution in [0.4, 0.5) is 0 Å². The average molecular weight is 365 g/mol. The molecular weight excluding hydrogens is 332 g/mol. The molecule has 0 heterocycles. The minimum absolute atomic E-state index is 0.0285. The molecule has 144 valence electrons. The molecular formula is C24H32N2O. The number of amides is 1. The number of hydrogen-bond donors (Lipinski definition) is 2. The highest BCUT2D eigenvalue weighted by Crippen LogP contribution is 2.34. The van der Waals surface area contributed by atoms with E-state index in [1.165, 1.54) is 5.56 Å². The van der Waals surface area contributed by atoms with Gasteiger partial charge >= 0.3 is 0 Å². The fourth-order valence-electron chi connectivity index (χ4n) is 4.40. The summed E-state index contributed by atoms with van der Waals surface area (Å²) < 4.78 is 0. The predicted molar refractivity (Wildman–Crippen MR) is 113 cm³/mol. The Bertz CT molecular complexity index is 780. The van der Waals surface area contributed by atoms with E-state index in [1.807, 2.05) is 19.1 Å². The first-order valence-corrected chi connectivity index (χ1v) is 10.1. The van der Waals surface area contributed by atoms with Crippen LogP contribution in [0.3, 0.4) is 0 Å². The topological polar surface area (TPSA) is 55.1 Å². The van der Waals surface area contributed by atoms with Gasteiger partial charge in [0.1, 0.15) is 0 Å². The highest BCUT2D eigenvalue weighted by Gasteiger charge is 2.40. The Hall–Kier alpha value is -2.13. The van der Waals surface area contributed by atoms with Crippen LogP contribution in [0.1, 0.15) is 73.4 Å². The van der Waals surface area contributed by atoms with Crippen LogP contribution >= 0.6 is 0 Å². The molecule has 27 heavy (non-hydrogen) atoms. The van der Waals surface area contributed by atoms with E-state index in [1.54, 1.807) is 0 Å². The van der Waals surface area contributed by atoms with E-state index in [-0.39, 0.29) is 17.5 Å². The Kier molecular flexibility index (Phi) is 6.01. The van der Waals surface area contributed by atoms with Crippen LogP contribution in [-0.4, -0.2) is 17.5 Å². The van der Waals surface area contributed by atoms with Gasteiger partial charge in [-0.05, 0) is 54.9 Å². The molecule has 1 unspecified atom stereocenters. The minimum atomic E-state index is -0.381. The molecule has 1 aromatic rings. The van der Waals surface area contributed by atoms with E-state index in [0.717, 1.165) is 48.8 Å². The Morgan fingerprint density at radius 2 is 1.93 bits per heavy atom. The van der Waals surface area contributed by atoms with Crippen molar-refractivity contribution in [2.75, 3.05) is 0 Å². The molecule has 0 spiro atoms. The first-order valence-electron chi connectivity index (χ1n) is 10.1. The summed E-state index contributed by atoms with van der Waals surface area (Å²) in [6.45, 7) is 6.36. The Balaban J connectivity index is 1.93. The Morgan fingerprint density at radius 1 is 1.19 bits per heavy atom. The molecule has 0 saturated heterocycles. The number of carbonyl (C=O) groups excluding carboxylic acids is 1. The lowest BCUT2D eigenvalue weighted by atomic mass is 9.83. The maximum absolute atomic E-state index is 13.2. The van der Waals surface area contributed by atoms with Crippen molar-refractivity contribution < 1.29 is 4.79 Å². The third-order valence-corrected chi connectivity index (χ3v) is 5.97. The fraction of sp³-hybridized carbons (Fsp3) is 0.458. The zero-order valence-corrected chi connectivity index (χ0v) is 16.8. The molecule has 0 radical (unpaired) electrons. The molecule has 0 aromatic heterocycles. The number of nitrogens with two attached hydrogens (primary N) is 1. The summed E-state index contributed by atoms with van der Waals surface area (Å²) in [7, 11) is 0. The van der Waals surface area contributed by atoms with Gasteiger partial charge in [0.25, 0.3) is 5.91 Å². The number of hydrogen-bond acceptors (Lipinski definition) is 2. The van der Waals surface area contributed by atoms with Crippen molar-refractivity contribution in [1.29, 1.82) is 0 Å². The molecule has 0 aliphatic heterocycles. The fourth-order valence-corrected chi connectivity index (χ4v) is 4.40. The molecule has 3 heteroatoms. The van der Waals surface area contributed by atoms with Gasteiger partial charge in [-0.25, -0.2) is 0 Å². The summed E-state index contributed by atoms with van der Waals surface area (Å²) in [5.74, 6) is 0.362. The molecule has 1 amide bonds. The molecule has 2 aliphatic carbocycles. The first-order chi connectivity index (χ1) is 12.9. The molecule has 3 N–H and O–H groups in total. The van der Waals surface area contributed by atoms with Crippen LogP contribution in [0.5, 0.6) is 0 Å². The zero-order chi connectivity index (χ0) is 19.4. The van der Waals surface area contributed by atoms with E-state index >= 15 is 0 Å². The second-order valence-electron chi connectivity index (χ2n) is 8.25. The quantitative estimate of drug-likeness (QED) is 0.778. The van der Waals surface area contributed by atoms with Gasteiger partial charge in [0.05, 0.1) is 6.04 Å². The second kappa shape index (κ2) is 8.26. The monoisotopic (exact) mass is 364 g/mol. The summed E-state index contributed by atoms with van der Waals surface area (Å²) in [4.78, 5) is 13.2. The van der Waals surface area contributed by atoms with Crippen molar-refractivity contribution in [2.24, 2.45) is 5.73 Å². The van der Waals surface area contributed by atoms with Crippen molar-refractivity contribution in [3.8, 4) is 0 Å². The highest BCUT2D eigenvalue weighted by molar-refractivity contribution is 5.96. The molecule has 1 fully saturated rings. The lowest BCUT2D eigenvalue weighted by molar-refractivity contribution is 0.0924. The molecule has 2 aliphatic rings. The summed E-state index contributed by atoms with van der Waals surface area (Å²) in [5.41, 5.74) is 10.6. The minimum Gasteiger partial charge on any atom is -0.343 e. The molecule has 3 nitrogen and oxygen atoms in total. The van der Waals surface area contributed by atoms with E-state index in [9.17, 15) is 4.79 Å². The van der Waals surface area contributed by atoms with Crippen LogP contribution in [0.15, 0.2) is 54.2 Å². The maximum atomic E-state index is 13.2. The standard InChI is InChI=1S/C24H32N2O/c1-17(2)20-13-10-14-21(18(20)3)23(27)26-22(24(25)15-8-9-16-24)19-11-6-4-5-7-12-19/h4,6-7,10-14,17,22H,5,8-9,15-16,25H2,1-3H3,(H,26,27). The maximum Gasteiger partial charge on any atom is 0.252 e. The number of nitrogens with one attached hydrogen (secondary N) is 1. The van der Waals surface area contributed by atoms with E-state index < -0.39 is 0 Å². The summed E-state index contributed by atoms with van der Waals surface area (Å²) in [5, 5.41) is 3.30. The SMILES string of the molecule is Cc1c(C(=O)NC(C2=CC=CCC=C2)C2(N)CCCC2)cccc1C(C)C. The van der Waals surface area contributed by atoms with Crippen LogP contribution in [0.25, 0.3) is 0 Å². The lowest BCUT2D eigenvalue weighted by Crippen LogP contribution is -2.57. The molecule has 1 saturated carbocycles. The average Bonchev–Trinajstić information content (AvgIpc) is 2.91. The largest absolute Gasteiger partial charge is 0.343 e. The van der Waals surface area contributed by atoms with Crippen molar-refractivity contribution >= 4 is 5.91 Å². The number of carbonyl (C=O) groups is 1. The second-order valence-corrected chi connectivity index (χ2v) is 8.25. The van der Waals surface area contributed by atoms with Gasteiger partial charge in [0, 0.05) is 11.1 Å². The van der Waals surface area contributed by atoms with Crippen molar-refractivity contribution in [3.63, 3.8) is 0 Å². The van der Waals surface area contributed by atoms with Gasteiger partial charge in [-0.15, -0.1) is 0 Å².